The van der Waals surface area contributed by atoms with Gasteiger partial charge in [0.1, 0.15) is 5.84 Å². The molecule has 0 aromatic carbocycles. The first-order valence-corrected chi connectivity index (χ1v) is 11.5. The van der Waals surface area contributed by atoms with E-state index in [2.05, 4.69) is 49.1 Å². The van der Waals surface area contributed by atoms with E-state index in [9.17, 15) is 4.79 Å². The lowest BCUT2D eigenvalue weighted by Crippen LogP contribution is -2.38. The van der Waals surface area contributed by atoms with Crippen LogP contribution in [0.4, 0.5) is 4.79 Å². The Hall–Kier alpha value is -2.61. The lowest BCUT2D eigenvalue weighted by Gasteiger charge is -2.33. The smallest absolute Gasteiger partial charge is 0.434 e. The standard InChI is InChI=1S/C24H37N5O3/c1-18-6-12-29(20(3)27-24(30)31-4)16-23(18)13-19(2)32-17-21-7-10-28(11-8-21)15-22-5-9-25-26-14-22/h5,9,13-14,21-22,25H,6-8,10-12,15-17H2,1-4H3/b19-13+,27-20+. The molecule has 0 aromatic heterocycles. The van der Waals surface area contributed by atoms with Gasteiger partial charge in [-0.25, -0.2) is 4.79 Å². The van der Waals surface area contributed by atoms with Crippen LogP contribution >= 0.6 is 0 Å². The van der Waals surface area contributed by atoms with Crippen molar-refractivity contribution in [3.63, 3.8) is 0 Å². The van der Waals surface area contributed by atoms with E-state index in [4.69, 9.17) is 4.74 Å². The van der Waals surface area contributed by atoms with Crippen LogP contribution in [0.15, 0.2) is 45.4 Å². The highest BCUT2D eigenvalue weighted by molar-refractivity contribution is 5.90. The summed E-state index contributed by atoms with van der Waals surface area (Å²) >= 11 is 0. The van der Waals surface area contributed by atoms with Gasteiger partial charge >= 0.3 is 6.09 Å². The molecular formula is C24H37N5O3. The van der Waals surface area contributed by atoms with Crippen LogP contribution in [0.25, 0.3) is 0 Å². The fourth-order valence-electron chi connectivity index (χ4n) is 4.25. The molecule has 1 N–H and O–H groups in total. The highest BCUT2D eigenvalue weighted by Gasteiger charge is 2.22. The summed E-state index contributed by atoms with van der Waals surface area (Å²) in [5, 5.41) is 4.12. The summed E-state index contributed by atoms with van der Waals surface area (Å²) in [4.78, 5) is 20.1. The van der Waals surface area contributed by atoms with Crippen LogP contribution in [0.2, 0.25) is 0 Å². The highest BCUT2D eigenvalue weighted by Crippen LogP contribution is 2.23. The number of hydrazone groups is 1. The SMILES string of the molecule is COC(=O)/N=C(\C)N1CCC(C)=C(/C=C(\C)OCC2CCN(CC3C=CNN=C3)CC2)C1. The predicted molar refractivity (Wildman–Crippen MR) is 128 cm³/mol. The number of piperidine rings is 1. The normalized spacial score (nSPS) is 23.4. The number of carbonyl (C=O) groups is 1. The Kier molecular flexibility index (Phi) is 8.90. The zero-order valence-corrected chi connectivity index (χ0v) is 19.8. The van der Waals surface area contributed by atoms with Gasteiger partial charge in [-0.1, -0.05) is 11.6 Å². The number of ether oxygens (including phenoxy) is 2. The Labute approximate surface area is 191 Å². The van der Waals surface area contributed by atoms with Crippen molar-refractivity contribution in [2.45, 2.75) is 40.0 Å². The van der Waals surface area contributed by atoms with Gasteiger partial charge in [-0.15, -0.1) is 0 Å². The Bertz CT molecular complexity index is 794. The highest BCUT2D eigenvalue weighted by atomic mass is 16.5. The summed E-state index contributed by atoms with van der Waals surface area (Å²) in [5.41, 5.74) is 5.45. The van der Waals surface area contributed by atoms with Gasteiger partial charge < -0.3 is 19.3 Å². The Morgan fingerprint density at radius 3 is 2.78 bits per heavy atom. The summed E-state index contributed by atoms with van der Waals surface area (Å²) in [6, 6.07) is 0. The van der Waals surface area contributed by atoms with Crippen LogP contribution in [-0.4, -0.2) is 74.4 Å². The van der Waals surface area contributed by atoms with Crippen LogP contribution in [0.3, 0.4) is 0 Å². The molecule has 0 saturated carbocycles. The number of hydrogen-bond acceptors (Lipinski definition) is 6. The molecule has 8 heteroatoms. The average Bonchev–Trinajstić information content (AvgIpc) is 2.80. The summed E-state index contributed by atoms with van der Waals surface area (Å²) in [6.45, 7) is 11.7. The van der Waals surface area contributed by atoms with E-state index in [0.717, 1.165) is 64.4 Å². The van der Waals surface area contributed by atoms with Gasteiger partial charge in [0.2, 0.25) is 0 Å². The second-order valence-electron chi connectivity index (χ2n) is 8.85. The fourth-order valence-corrected chi connectivity index (χ4v) is 4.25. The van der Waals surface area contributed by atoms with Crippen LogP contribution in [0.5, 0.6) is 0 Å². The molecule has 0 spiro atoms. The van der Waals surface area contributed by atoms with Gasteiger partial charge in [0.25, 0.3) is 0 Å². The molecule has 1 amide bonds. The van der Waals surface area contributed by atoms with Crippen molar-refractivity contribution in [2.24, 2.45) is 21.9 Å². The molecule has 176 valence electrons. The lowest BCUT2D eigenvalue weighted by molar-refractivity contribution is 0.106. The van der Waals surface area contributed by atoms with Crippen LogP contribution in [-0.2, 0) is 9.47 Å². The molecule has 0 aromatic rings. The molecule has 32 heavy (non-hydrogen) atoms. The van der Waals surface area contributed by atoms with E-state index >= 15 is 0 Å². The van der Waals surface area contributed by atoms with Crippen molar-refractivity contribution >= 4 is 18.1 Å². The number of allylic oxidation sites excluding steroid dienone is 1. The van der Waals surface area contributed by atoms with E-state index in [1.54, 1.807) is 0 Å². The first kappa shape index (κ1) is 24.0. The number of amidine groups is 1. The van der Waals surface area contributed by atoms with Gasteiger partial charge in [0.15, 0.2) is 0 Å². The fraction of sp³-hybridized carbons (Fsp3) is 0.625. The van der Waals surface area contributed by atoms with E-state index in [1.807, 2.05) is 26.3 Å². The van der Waals surface area contributed by atoms with E-state index in [0.29, 0.717) is 17.7 Å². The quantitative estimate of drug-likeness (QED) is 0.384. The first-order chi connectivity index (χ1) is 15.4. The second-order valence-corrected chi connectivity index (χ2v) is 8.85. The van der Waals surface area contributed by atoms with Crippen LogP contribution < -0.4 is 5.43 Å². The number of aliphatic imine (C=N–C) groups is 1. The number of amides is 1. The number of nitrogens with zero attached hydrogens (tertiary/aromatic N) is 4. The van der Waals surface area contributed by atoms with Crippen molar-refractivity contribution in [1.29, 1.82) is 0 Å². The number of nitrogens with one attached hydrogen (secondary N) is 1. The summed E-state index contributed by atoms with van der Waals surface area (Å²) in [7, 11) is 1.35. The zero-order valence-electron chi connectivity index (χ0n) is 19.8. The minimum Gasteiger partial charge on any atom is -0.498 e. The Balaban J connectivity index is 1.44. The summed E-state index contributed by atoms with van der Waals surface area (Å²) in [5.74, 6) is 2.63. The predicted octanol–water partition coefficient (Wildman–Crippen LogP) is 3.54. The van der Waals surface area contributed by atoms with Crippen molar-refractivity contribution in [3.05, 3.63) is 35.3 Å². The molecular weight excluding hydrogens is 406 g/mol. The second kappa shape index (κ2) is 11.9. The molecule has 0 radical (unpaired) electrons. The van der Waals surface area contributed by atoms with Crippen LogP contribution in [0, 0.1) is 11.8 Å². The number of likely N-dealkylation sites (tertiary alicyclic amines) is 1. The molecule has 8 nitrogen and oxygen atoms in total. The third-order valence-electron chi connectivity index (χ3n) is 6.41. The van der Waals surface area contributed by atoms with Crippen LogP contribution in [0.1, 0.15) is 40.0 Å². The molecule has 0 bridgehead atoms. The number of hydrogen-bond donors (Lipinski definition) is 1. The molecule has 3 rings (SSSR count). The maximum atomic E-state index is 11.4. The molecule has 0 aliphatic carbocycles. The van der Waals surface area contributed by atoms with Crippen molar-refractivity contribution in [3.8, 4) is 0 Å². The molecule has 1 fully saturated rings. The summed E-state index contributed by atoms with van der Waals surface area (Å²) < 4.78 is 10.8. The minimum atomic E-state index is -0.559. The molecule has 3 aliphatic rings. The van der Waals surface area contributed by atoms with Gasteiger partial charge in [-0.3, -0.25) is 5.43 Å². The Morgan fingerprint density at radius 2 is 2.09 bits per heavy atom. The largest absolute Gasteiger partial charge is 0.498 e. The number of rotatable bonds is 6. The Morgan fingerprint density at radius 1 is 1.31 bits per heavy atom. The van der Waals surface area contributed by atoms with Crippen molar-refractivity contribution < 1.29 is 14.3 Å². The maximum absolute atomic E-state index is 11.4. The van der Waals surface area contributed by atoms with Gasteiger partial charge in [0.05, 0.1) is 19.5 Å². The van der Waals surface area contributed by atoms with Gasteiger partial charge in [-0.2, -0.15) is 10.1 Å². The molecule has 3 heterocycles. The average molecular weight is 444 g/mol. The van der Waals surface area contributed by atoms with E-state index < -0.39 is 6.09 Å². The third kappa shape index (κ3) is 7.22. The molecule has 1 atom stereocenters. The minimum absolute atomic E-state index is 0.405. The van der Waals surface area contributed by atoms with Crippen molar-refractivity contribution in [1.82, 2.24) is 15.2 Å². The monoisotopic (exact) mass is 443 g/mol. The molecule has 1 saturated heterocycles. The lowest BCUT2D eigenvalue weighted by atomic mass is 9.96. The third-order valence-corrected chi connectivity index (χ3v) is 6.41. The molecule has 3 aliphatic heterocycles. The summed E-state index contributed by atoms with van der Waals surface area (Å²) in [6.07, 6.45) is 10.9. The number of carbonyl (C=O) groups excluding carboxylic acids is 1. The van der Waals surface area contributed by atoms with E-state index in [-0.39, 0.29) is 0 Å². The van der Waals surface area contributed by atoms with Crippen molar-refractivity contribution in [2.75, 3.05) is 46.4 Å². The number of methoxy groups -OCH3 is 1. The topological polar surface area (TPSA) is 78.8 Å². The van der Waals surface area contributed by atoms with Gasteiger partial charge in [0, 0.05) is 38.0 Å². The zero-order chi connectivity index (χ0) is 22.9. The molecule has 1 unspecified atom stereocenters. The first-order valence-electron chi connectivity index (χ1n) is 11.5. The van der Waals surface area contributed by atoms with Gasteiger partial charge in [-0.05, 0) is 70.7 Å². The van der Waals surface area contributed by atoms with E-state index in [1.165, 1.54) is 18.3 Å². The maximum Gasteiger partial charge on any atom is 0.434 e.